The van der Waals surface area contributed by atoms with Crippen LogP contribution < -0.4 is 19.5 Å². The van der Waals surface area contributed by atoms with Crippen molar-refractivity contribution in [3.05, 3.63) is 83.9 Å². The molecule has 0 fully saturated rings. The van der Waals surface area contributed by atoms with Gasteiger partial charge >= 0.3 is 0 Å². The molecule has 3 aromatic rings. The van der Waals surface area contributed by atoms with Crippen LogP contribution in [0.25, 0.3) is 0 Å². The third-order valence-corrected chi connectivity index (χ3v) is 4.71. The number of carbonyl (C=O) groups excluding carboxylic acids is 1. The van der Waals surface area contributed by atoms with Crippen LogP contribution in [-0.4, -0.2) is 27.7 Å². The zero-order valence-corrected chi connectivity index (χ0v) is 17.4. The normalized spacial score (nSPS) is 10.9. The summed E-state index contributed by atoms with van der Waals surface area (Å²) < 4.78 is 36.1. The monoisotopic (exact) mass is 426 g/mol. The Hall–Kier alpha value is -3.52. The molecule has 0 saturated heterocycles. The molecule has 2 N–H and O–H groups in total. The summed E-state index contributed by atoms with van der Waals surface area (Å²) in [4.78, 5) is 12.5. The molecule has 0 aromatic heterocycles. The molecule has 7 nitrogen and oxygen atoms in total. The molecule has 30 heavy (non-hydrogen) atoms. The minimum atomic E-state index is -3.44. The van der Waals surface area contributed by atoms with E-state index < -0.39 is 10.0 Å². The van der Waals surface area contributed by atoms with Crippen molar-refractivity contribution in [2.24, 2.45) is 0 Å². The predicted octanol–water partition coefficient (Wildman–Crippen LogP) is 3.90. The van der Waals surface area contributed by atoms with Gasteiger partial charge in [0.15, 0.2) is 0 Å². The average Bonchev–Trinajstić information content (AvgIpc) is 2.73. The van der Waals surface area contributed by atoms with Crippen molar-refractivity contribution in [2.45, 2.75) is 6.61 Å². The number of hydrogen-bond donors (Lipinski definition) is 2. The number of nitrogens with one attached hydrogen (secondary N) is 2. The topological polar surface area (TPSA) is 93.7 Å². The Labute approximate surface area is 175 Å². The van der Waals surface area contributed by atoms with Gasteiger partial charge < -0.3 is 14.8 Å². The Kier molecular flexibility index (Phi) is 6.58. The second-order valence-corrected chi connectivity index (χ2v) is 8.29. The van der Waals surface area contributed by atoms with E-state index in [1.165, 1.54) is 13.2 Å². The number of benzene rings is 3. The summed E-state index contributed by atoms with van der Waals surface area (Å²) in [7, 11) is -2.03. The average molecular weight is 426 g/mol. The van der Waals surface area contributed by atoms with Gasteiger partial charge in [-0.3, -0.25) is 9.52 Å². The lowest BCUT2D eigenvalue weighted by atomic mass is 10.2. The minimum Gasteiger partial charge on any atom is -0.494 e. The summed E-state index contributed by atoms with van der Waals surface area (Å²) in [5.74, 6) is 0.645. The number of hydrogen-bond acceptors (Lipinski definition) is 5. The predicted molar refractivity (Wildman–Crippen MR) is 117 cm³/mol. The van der Waals surface area contributed by atoms with Gasteiger partial charge in [0.2, 0.25) is 10.0 Å². The van der Waals surface area contributed by atoms with Gasteiger partial charge in [0, 0.05) is 17.3 Å². The van der Waals surface area contributed by atoms with E-state index in [-0.39, 0.29) is 11.6 Å². The lowest BCUT2D eigenvalue weighted by Gasteiger charge is -2.12. The number of anilines is 2. The zero-order chi connectivity index (χ0) is 21.6. The van der Waals surface area contributed by atoms with Gasteiger partial charge in [-0.15, -0.1) is 0 Å². The third-order valence-electron chi connectivity index (χ3n) is 4.12. The molecule has 1 amide bonds. The van der Waals surface area contributed by atoms with Gasteiger partial charge in [-0.1, -0.05) is 30.3 Å². The summed E-state index contributed by atoms with van der Waals surface area (Å²) in [6.07, 6.45) is 1.05. The van der Waals surface area contributed by atoms with Crippen LogP contribution in [0.15, 0.2) is 72.8 Å². The van der Waals surface area contributed by atoms with Crippen LogP contribution in [0.3, 0.4) is 0 Å². The van der Waals surface area contributed by atoms with Crippen molar-refractivity contribution in [1.82, 2.24) is 0 Å². The van der Waals surface area contributed by atoms with E-state index >= 15 is 0 Å². The Bertz CT molecular complexity index is 1110. The van der Waals surface area contributed by atoms with E-state index in [1.54, 1.807) is 36.4 Å². The molecule has 0 saturated carbocycles. The first kappa shape index (κ1) is 21.2. The van der Waals surface area contributed by atoms with E-state index in [9.17, 15) is 13.2 Å². The fraction of sp³-hybridized carbons (Fsp3) is 0.136. The summed E-state index contributed by atoms with van der Waals surface area (Å²) in [5.41, 5.74) is 2.28. The Morgan fingerprint density at radius 2 is 1.67 bits per heavy atom. The molecular formula is C22H22N2O5S. The van der Waals surface area contributed by atoms with Gasteiger partial charge in [0.05, 0.1) is 19.1 Å². The Balaban J connectivity index is 1.64. The highest BCUT2D eigenvalue weighted by molar-refractivity contribution is 7.92. The number of amides is 1. The largest absolute Gasteiger partial charge is 0.494 e. The summed E-state index contributed by atoms with van der Waals surface area (Å²) in [5, 5.41) is 2.76. The molecule has 0 aliphatic carbocycles. The molecular weight excluding hydrogens is 404 g/mol. The smallest absolute Gasteiger partial charge is 0.255 e. The number of sulfonamides is 1. The maximum Gasteiger partial charge on any atom is 0.255 e. The lowest BCUT2D eigenvalue weighted by molar-refractivity contribution is 0.102. The van der Waals surface area contributed by atoms with Crippen molar-refractivity contribution in [2.75, 3.05) is 23.4 Å². The molecule has 156 valence electrons. The Morgan fingerprint density at radius 1 is 0.967 bits per heavy atom. The van der Waals surface area contributed by atoms with Crippen LogP contribution in [0.5, 0.6) is 11.5 Å². The van der Waals surface area contributed by atoms with E-state index in [2.05, 4.69) is 10.0 Å². The molecule has 3 rings (SSSR count). The number of ether oxygens (including phenoxy) is 2. The van der Waals surface area contributed by atoms with Crippen molar-refractivity contribution in [3.8, 4) is 11.5 Å². The molecule has 0 unspecified atom stereocenters. The van der Waals surface area contributed by atoms with E-state index in [0.29, 0.717) is 29.4 Å². The standard InChI is InChI=1S/C22H22N2O5S/c1-28-21-14-18(10-13-20(21)24-30(2,26)27)23-22(25)17-8-11-19(12-9-17)29-15-16-6-4-3-5-7-16/h3-14,24H,15H2,1-2H3,(H,23,25). The summed E-state index contributed by atoms with van der Waals surface area (Å²) >= 11 is 0. The molecule has 0 atom stereocenters. The van der Waals surface area contributed by atoms with Gasteiger partial charge in [-0.05, 0) is 42.0 Å². The van der Waals surface area contributed by atoms with Crippen LogP contribution in [-0.2, 0) is 16.6 Å². The number of carbonyl (C=O) groups is 1. The maximum atomic E-state index is 12.5. The van der Waals surface area contributed by atoms with Gasteiger partial charge in [0.1, 0.15) is 18.1 Å². The summed E-state index contributed by atoms with van der Waals surface area (Å²) in [6, 6.07) is 21.3. The molecule has 0 bridgehead atoms. The van der Waals surface area contributed by atoms with Crippen molar-refractivity contribution in [1.29, 1.82) is 0 Å². The van der Waals surface area contributed by atoms with Crippen LogP contribution in [0.1, 0.15) is 15.9 Å². The molecule has 8 heteroatoms. The summed E-state index contributed by atoms with van der Waals surface area (Å²) in [6.45, 7) is 0.444. The third kappa shape index (κ3) is 5.99. The highest BCUT2D eigenvalue weighted by atomic mass is 32.2. The fourth-order valence-corrected chi connectivity index (χ4v) is 3.27. The van der Waals surface area contributed by atoms with Gasteiger partial charge in [0.25, 0.3) is 5.91 Å². The van der Waals surface area contributed by atoms with Crippen molar-refractivity contribution < 1.29 is 22.7 Å². The first-order valence-corrected chi connectivity index (χ1v) is 11.0. The molecule has 3 aromatic carbocycles. The second kappa shape index (κ2) is 9.32. The zero-order valence-electron chi connectivity index (χ0n) is 16.6. The van der Waals surface area contributed by atoms with E-state index in [0.717, 1.165) is 11.8 Å². The van der Waals surface area contributed by atoms with Crippen molar-refractivity contribution in [3.63, 3.8) is 0 Å². The first-order valence-electron chi connectivity index (χ1n) is 9.08. The maximum absolute atomic E-state index is 12.5. The highest BCUT2D eigenvalue weighted by Gasteiger charge is 2.12. The minimum absolute atomic E-state index is 0.290. The van der Waals surface area contributed by atoms with Gasteiger partial charge in [-0.2, -0.15) is 0 Å². The fourth-order valence-electron chi connectivity index (χ4n) is 2.70. The molecule has 0 radical (unpaired) electrons. The number of rotatable bonds is 8. The second-order valence-electron chi connectivity index (χ2n) is 6.54. The molecule has 0 spiro atoms. The van der Waals surface area contributed by atoms with Crippen LogP contribution in [0, 0.1) is 0 Å². The lowest BCUT2D eigenvalue weighted by Crippen LogP contribution is -2.13. The van der Waals surface area contributed by atoms with Gasteiger partial charge in [-0.25, -0.2) is 8.42 Å². The van der Waals surface area contributed by atoms with E-state index in [1.807, 2.05) is 30.3 Å². The van der Waals surface area contributed by atoms with Crippen LogP contribution in [0.4, 0.5) is 11.4 Å². The molecule has 0 aliphatic heterocycles. The molecule has 0 heterocycles. The SMILES string of the molecule is COc1cc(NC(=O)c2ccc(OCc3ccccc3)cc2)ccc1NS(C)(=O)=O. The number of methoxy groups -OCH3 is 1. The Morgan fingerprint density at radius 3 is 2.30 bits per heavy atom. The van der Waals surface area contributed by atoms with Crippen LogP contribution in [0.2, 0.25) is 0 Å². The van der Waals surface area contributed by atoms with Crippen LogP contribution >= 0.6 is 0 Å². The van der Waals surface area contributed by atoms with E-state index in [4.69, 9.17) is 9.47 Å². The quantitative estimate of drug-likeness (QED) is 0.570. The van der Waals surface area contributed by atoms with Crippen molar-refractivity contribution >= 4 is 27.3 Å². The molecule has 0 aliphatic rings. The highest BCUT2D eigenvalue weighted by Crippen LogP contribution is 2.29. The first-order chi connectivity index (χ1) is 14.3.